The first-order valence-corrected chi connectivity index (χ1v) is 5.21. The van der Waals surface area contributed by atoms with Crippen LogP contribution in [0.5, 0.6) is 5.75 Å². The zero-order chi connectivity index (χ0) is 13.6. The lowest BCUT2D eigenvalue weighted by molar-refractivity contribution is -0.277. The third-order valence-corrected chi connectivity index (χ3v) is 3.11. The van der Waals surface area contributed by atoms with Crippen LogP contribution < -0.4 is 4.74 Å². The molecule has 0 fully saturated rings. The number of ether oxygens (including phenoxy) is 2. The number of benzene rings is 1. The maximum Gasteiger partial charge on any atom is 0.421 e. The monoisotopic (exact) mass is 260 g/mol. The average Bonchev–Trinajstić information content (AvgIpc) is 2.62. The van der Waals surface area contributed by atoms with Gasteiger partial charge in [0.1, 0.15) is 11.9 Å². The first kappa shape index (κ1) is 12.9. The molecule has 2 rings (SSSR count). The Bertz CT molecular complexity index is 484. The summed E-state index contributed by atoms with van der Waals surface area (Å²) in [6, 6.07) is 4.09. The molecule has 1 aromatic carbocycles. The average molecular weight is 260 g/mol. The van der Waals surface area contributed by atoms with Crippen LogP contribution in [0.4, 0.5) is 13.2 Å². The molecule has 1 heterocycles. The SMILES string of the molecule is COc1ccc2c(c1)[C@H](C=O)OC2(C)C(F)(F)F. The number of alkyl halides is 3. The number of hydrogen-bond donors (Lipinski definition) is 0. The highest BCUT2D eigenvalue weighted by Crippen LogP contribution is 2.52. The molecule has 1 aromatic rings. The van der Waals surface area contributed by atoms with Crippen molar-refractivity contribution in [1.29, 1.82) is 0 Å². The fraction of sp³-hybridized carbons (Fsp3) is 0.417. The molecule has 0 spiro atoms. The topological polar surface area (TPSA) is 35.5 Å². The molecule has 0 N–H and O–H groups in total. The smallest absolute Gasteiger partial charge is 0.421 e. The van der Waals surface area contributed by atoms with E-state index in [2.05, 4.69) is 0 Å². The van der Waals surface area contributed by atoms with Crippen LogP contribution in [-0.2, 0) is 15.1 Å². The molecule has 6 heteroatoms. The van der Waals surface area contributed by atoms with Gasteiger partial charge in [0.25, 0.3) is 0 Å². The Morgan fingerprint density at radius 1 is 1.44 bits per heavy atom. The highest BCUT2D eigenvalue weighted by molar-refractivity contribution is 5.64. The lowest BCUT2D eigenvalue weighted by Gasteiger charge is -2.28. The van der Waals surface area contributed by atoms with Gasteiger partial charge >= 0.3 is 6.18 Å². The molecule has 1 unspecified atom stereocenters. The van der Waals surface area contributed by atoms with Crippen molar-refractivity contribution >= 4 is 6.29 Å². The van der Waals surface area contributed by atoms with Crippen molar-refractivity contribution in [3.05, 3.63) is 29.3 Å². The Balaban J connectivity index is 2.60. The Morgan fingerprint density at radius 2 is 2.11 bits per heavy atom. The zero-order valence-corrected chi connectivity index (χ0v) is 9.75. The van der Waals surface area contributed by atoms with Gasteiger partial charge in [-0.1, -0.05) is 6.07 Å². The molecular formula is C12H11F3O3. The van der Waals surface area contributed by atoms with Gasteiger partial charge < -0.3 is 14.3 Å². The van der Waals surface area contributed by atoms with Crippen molar-refractivity contribution in [2.45, 2.75) is 24.8 Å². The minimum atomic E-state index is -4.59. The fourth-order valence-electron chi connectivity index (χ4n) is 2.04. The predicted molar refractivity (Wildman–Crippen MR) is 56.3 cm³/mol. The maximum atomic E-state index is 13.0. The number of carbonyl (C=O) groups is 1. The van der Waals surface area contributed by atoms with E-state index in [-0.39, 0.29) is 11.1 Å². The summed E-state index contributed by atoms with van der Waals surface area (Å²) in [5.74, 6) is 0.385. The number of aldehydes is 1. The van der Waals surface area contributed by atoms with Gasteiger partial charge in [-0.25, -0.2) is 0 Å². The van der Waals surface area contributed by atoms with E-state index in [4.69, 9.17) is 9.47 Å². The number of methoxy groups -OCH3 is 1. The van der Waals surface area contributed by atoms with E-state index >= 15 is 0 Å². The van der Waals surface area contributed by atoms with E-state index < -0.39 is 17.9 Å². The lowest BCUT2D eigenvalue weighted by atomic mass is 9.92. The normalized spacial score (nSPS) is 26.8. The van der Waals surface area contributed by atoms with Crippen molar-refractivity contribution in [1.82, 2.24) is 0 Å². The summed E-state index contributed by atoms with van der Waals surface area (Å²) in [7, 11) is 1.40. The highest BCUT2D eigenvalue weighted by atomic mass is 19.4. The van der Waals surface area contributed by atoms with Crippen LogP contribution in [0.15, 0.2) is 18.2 Å². The Hall–Kier alpha value is -1.56. The standard InChI is InChI=1S/C12H11F3O3/c1-11(12(13,14)15)9-4-3-7(17-2)5-8(9)10(6-16)18-11/h3-6,10H,1-2H3/t10-,11?/m0/s1. The van der Waals surface area contributed by atoms with Crippen LogP contribution in [0, 0.1) is 0 Å². The van der Waals surface area contributed by atoms with Gasteiger partial charge in [0.05, 0.1) is 7.11 Å². The van der Waals surface area contributed by atoms with Crippen molar-refractivity contribution < 1.29 is 27.4 Å². The van der Waals surface area contributed by atoms with Crippen LogP contribution in [0.1, 0.15) is 24.2 Å². The van der Waals surface area contributed by atoms with E-state index in [0.29, 0.717) is 12.0 Å². The van der Waals surface area contributed by atoms with Gasteiger partial charge in [-0.3, -0.25) is 0 Å². The van der Waals surface area contributed by atoms with Crippen molar-refractivity contribution in [3.8, 4) is 5.75 Å². The second-order valence-corrected chi connectivity index (χ2v) is 4.16. The molecule has 0 saturated carbocycles. The molecule has 0 saturated heterocycles. The first-order valence-electron chi connectivity index (χ1n) is 5.21. The molecule has 0 radical (unpaired) electrons. The van der Waals surface area contributed by atoms with Crippen LogP contribution in [0.25, 0.3) is 0 Å². The van der Waals surface area contributed by atoms with Crippen molar-refractivity contribution in [2.24, 2.45) is 0 Å². The van der Waals surface area contributed by atoms with E-state index in [1.807, 2.05) is 0 Å². The summed E-state index contributed by atoms with van der Waals surface area (Å²) in [6.07, 6.45) is -5.45. The molecule has 1 aliphatic heterocycles. The third-order valence-electron chi connectivity index (χ3n) is 3.11. The summed E-state index contributed by atoms with van der Waals surface area (Å²) in [4.78, 5) is 10.9. The molecule has 98 valence electrons. The van der Waals surface area contributed by atoms with Crippen molar-refractivity contribution in [3.63, 3.8) is 0 Å². The van der Waals surface area contributed by atoms with Crippen molar-refractivity contribution in [2.75, 3.05) is 7.11 Å². The molecule has 3 nitrogen and oxygen atoms in total. The van der Waals surface area contributed by atoms with Crippen LogP contribution in [-0.4, -0.2) is 19.6 Å². The largest absolute Gasteiger partial charge is 0.497 e. The minimum Gasteiger partial charge on any atom is -0.497 e. The van der Waals surface area contributed by atoms with E-state index in [9.17, 15) is 18.0 Å². The zero-order valence-electron chi connectivity index (χ0n) is 9.75. The molecule has 0 bridgehead atoms. The van der Waals surface area contributed by atoms with E-state index in [1.54, 1.807) is 0 Å². The minimum absolute atomic E-state index is 0.0482. The molecule has 1 aliphatic rings. The number of hydrogen-bond acceptors (Lipinski definition) is 3. The number of halogens is 3. The molecule has 18 heavy (non-hydrogen) atoms. The Morgan fingerprint density at radius 3 is 2.61 bits per heavy atom. The Kier molecular flexibility index (Phi) is 2.85. The van der Waals surface area contributed by atoms with Gasteiger partial charge in [0.15, 0.2) is 11.9 Å². The summed E-state index contributed by atoms with van der Waals surface area (Å²) in [5.41, 5.74) is -2.31. The molecule has 0 aliphatic carbocycles. The summed E-state index contributed by atoms with van der Waals surface area (Å²) in [5, 5.41) is 0. The van der Waals surface area contributed by atoms with Gasteiger partial charge in [-0.2, -0.15) is 13.2 Å². The van der Waals surface area contributed by atoms with Gasteiger partial charge in [-0.05, 0) is 30.2 Å². The summed E-state index contributed by atoms with van der Waals surface area (Å²) >= 11 is 0. The third kappa shape index (κ3) is 1.68. The highest BCUT2D eigenvalue weighted by Gasteiger charge is 2.59. The van der Waals surface area contributed by atoms with Gasteiger partial charge in [0, 0.05) is 0 Å². The second-order valence-electron chi connectivity index (χ2n) is 4.16. The number of rotatable bonds is 2. The predicted octanol–water partition coefficient (Wildman–Crippen LogP) is 2.74. The summed E-state index contributed by atoms with van der Waals surface area (Å²) in [6.45, 7) is 0.918. The quantitative estimate of drug-likeness (QED) is 0.767. The summed E-state index contributed by atoms with van der Waals surface area (Å²) < 4.78 is 48.9. The number of fused-ring (bicyclic) bond motifs is 1. The fourth-order valence-corrected chi connectivity index (χ4v) is 2.04. The van der Waals surface area contributed by atoms with Gasteiger partial charge in [0.2, 0.25) is 0 Å². The van der Waals surface area contributed by atoms with Gasteiger partial charge in [-0.15, -0.1) is 0 Å². The molecule has 0 amide bonds. The first-order chi connectivity index (χ1) is 8.33. The van der Waals surface area contributed by atoms with E-state index in [0.717, 1.165) is 6.92 Å². The molecule has 2 atom stereocenters. The molecule has 0 aromatic heterocycles. The van der Waals surface area contributed by atoms with Crippen LogP contribution >= 0.6 is 0 Å². The maximum absolute atomic E-state index is 13.0. The Labute approximate surface area is 102 Å². The van der Waals surface area contributed by atoms with Crippen LogP contribution in [0.2, 0.25) is 0 Å². The van der Waals surface area contributed by atoms with Crippen LogP contribution in [0.3, 0.4) is 0 Å². The van der Waals surface area contributed by atoms with E-state index in [1.165, 1.54) is 25.3 Å². The second kappa shape index (κ2) is 3.98. The number of carbonyl (C=O) groups excluding carboxylic acids is 1. The molecular weight excluding hydrogens is 249 g/mol. The lowest BCUT2D eigenvalue weighted by Crippen LogP contribution is -2.39.